The second-order valence-electron chi connectivity index (χ2n) is 4.95. The third-order valence-electron chi connectivity index (χ3n) is 3.72. The first kappa shape index (κ1) is 13.1. The largest absolute Gasteiger partial charge is 0.508 e. The quantitative estimate of drug-likeness (QED) is 0.790. The van der Waals surface area contributed by atoms with E-state index in [0.717, 1.165) is 0 Å². The minimum Gasteiger partial charge on any atom is -0.508 e. The fourth-order valence-electron chi connectivity index (χ4n) is 2.66. The third kappa shape index (κ3) is 2.28. The molecule has 2 fully saturated rings. The summed E-state index contributed by atoms with van der Waals surface area (Å²) >= 11 is 0. The Morgan fingerprint density at radius 3 is 2.40 bits per heavy atom. The number of nitrogens with zero attached hydrogens (tertiary/aromatic N) is 2. The summed E-state index contributed by atoms with van der Waals surface area (Å²) in [5.41, 5.74) is 0.508. The molecule has 0 aliphatic carbocycles. The van der Waals surface area contributed by atoms with Gasteiger partial charge in [-0.3, -0.25) is 14.5 Å². The van der Waals surface area contributed by atoms with Crippen LogP contribution >= 0.6 is 0 Å². The molecule has 0 bridgehead atoms. The summed E-state index contributed by atoms with van der Waals surface area (Å²) in [4.78, 5) is 27.8. The fraction of sp³-hybridized carbons (Fsp3) is 0.429. The van der Waals surface area contributed by atoms with Crippen LogP contribution < -0.4 is 4.90 Å². The van der Waals surface area contributed by atoms with Crippen LogP contribution in [-0.2, 0) is 14.3 Å². The molecule has 2 saturated heterocycles. The Balaban J connectivity index is 1.81. The van der Waals surface area contributed by atoms with Crippen molar-refractivity contribution in [2.45, 2.75) is 12.5 Å². The maximum absolute atomic E-state index is 12.5. The number of hydrogen-bond acceptors (Lipinski definition) is 5. The number of benzene rings is 1. The number of morpholine rings is 1. The van der Waals surface area contributed by atoms with Crippen molar-refractivity contribution in [2.24, 2.45) is 0 Å². The number of phenols is 1. The zero-order chi connectivity index (χ0) is 14.1. The molecule has 3 rings (SSSR count). The Morgan fingerprint density at radius 1 is 1.10 bits per heavy atom. The number of aromatic hydroxyl groups is 1. The van der Waals surface area contributed by atoms with Crippen LogP contribution in [0.1, 0.15) is 6.42 Å². The number of phenolic OH excluding ortho intramolecular Hbond substituents is 1. The van der Waals surface area contributed by atoms with E-state index in [0.29, 0.717) is 32.0 Å². The zero-order valence-corrected chi connectivity index (χ0v) is 11.0. The molecule has 6 heteroatoms. The van der Waals surface area contributed by atoms with Gasteiger partial charge in [0.1, 0.15) is 5.75 Å². The lowest BCUT2D eigenvalue weighted by Crippen LogP contribution is -2.47. The standard InChI is InChI=1S/C14H16N2O4/c17-11-3-1-10(2-4-11)16-13(18)9-12(14(16)19)15-5-7-20-8-6-15/h1-4,12,17H,5-9H2. The lowest BCUT2D eigenvalue weighted by atomic mass is 10.2. The number of ether oxygens (including phenoxy) is 1. The summed E-state index contributed by atoms with van der Waals surface area (Å²) in [6.07, 6.45) is 0.208. The van der Waals surface area contributed by atoms with Crippen molar-refractivity contribution >= 4 is 17.5 Å². The SMILES string of the molecule is O=C1CC(N2CCOCC2)C(=O)N1c1ccc(O)cc1. The van der Waals surface area contributed by atoms with Crippen molar-refractivity contribution in [1.29, 1.82) is 0 Å². The monoisotopic (exact) mass is 276 g/mol. The topological polar surface area (TPSA) is 70.1 Å². The molecule has 6 nitrogen and oxygen atoms in total. The minimum absolute atomic E-state index is 0.109. The van der Waals surface area contributed by atoms with Gasteiger partial charge in [0, 0.05) is 13.1 Å². The van der Waals surface area contributed by atoms with Crippen LogP contribution in [0.15, 0.2) is 24.3 Å². The molecule has 1 atom stereocenters. The van der Waals surface area contributed by atoms with E-state index in [1.54, 1.807) is 12.1 Å². The van der Waals surface area contributed by atoms with Crippen molar-refractivity contribution in [1.82, 2.24) is 4.90 Å². The molecule has 2 amide bonds. The minimum atomic E-state index is -0.389. The van der Waals surface area contributed by atoms with Gasteiger partial charge >= 0.3 is 0 Å². The molecular weight excluding hydrogens is 260 g/mol. The third-order valence-corrected chi connectivity index (χ3v) is 3.72. The van der Waals surface area contributed by atoms with E-state index in [2.05, 4.69) is 0 Å². The van der Waals surface area contributed by atoms with Gasteiger partial charge in [-0.05, 0) is 24.3 Å². The Morgan fingerprint density at radius 2 is 1.75 bits per heavy atom. The Labute approximate surface area is 116 Å². The number of carbonyl (C=O) groups excluding carboxylic acids is 2. The molecule has 1 unspecified atom stereocenters. The van der Waals surface area contributed by atoms with Gasteiger partial charge in [-0.2, -0.15) is 0 Å². The van der Waals surface area contributed by atoms with E-state index in [9.17, 15) is 14.7 Å². The van der Waals surface area contributed by atoms with E-state index in [-0.39, 0.29) is 30.0 Å². The van der Waals surface area contributed by atoms with Crippen molar-refractivity contribution in [3.63, 3.8) is 0 Å². The molecule has 0 spiro atoms. The summed E-state index contributed by atoms with van der Waals surface area (Å²) in [6, 6.07) is 5.70. The molecular formula is C14H16N2O4. The van der Waals surface area contributed by atoms with Crippen molar-refractivity contribution in [3.05, 3.63) is 24.3 Å². The van der Waals surface area contributed by atoms with Crippen LogP contribution in [0.25, 0.3) is 0 Å². The predicted octanol–water partition coefficient (Wildman–Crippen LogP) is 0.356. The molecule has 0 radical (unpaired) electrons. The molecule has 106 valence electrons. The highest BCUT2D eigenvalue weighted by Gasteiger charge is 2.42. The molecule has 2 heterocycles. The molecule has 1 aromatic rings. The van der Waals surface area contributed by atoms with Gasteiger partial charge in [-0.25, -0.2) is 4.90 Å². The number of rotatable bonds is 2. The van der Waals surface area contributed by atoms with Crippen LogP contribution in [0.3, 0.4) is 0 Å². The number of hydrogen-bond donors (Lipinski definition) is 1. The smallest absolute Gasteiger partial charge is 0.251 e. The number of imide groups is 1. The van der Waals surface area contributed by atoms with Crippen LogP contribution in [0, 0.1) is 0 Å². The second kappa shape index (κ2) is 5.22. The zero-order valence-electron chi connectivity index (χ0n) is 11.0. The Hall–Kier alpha value is -1.92. The van der Waals surface area contributed by atoms with Gasteiger partial charge in [0.05, 0.1) is 31.4 Å². The summed E-state index contributed by atoms with van der Waals surface area (Å²) in [5.74, 6) is -0.280. The average Bonchev–Trinajstić information content (AvgIpc) is 2.76. The summed E-state index contributed by atoms with van der Waals surface area (Å²) in [6.45, 7) is 2.54. The summed E-state index contributed by atoms with van der Waals surface area (Å²) in [7, 11) is 0. The maximum Gasteiger partial charge on any atom is 0.251 e. The van der Waals surface area contributed by atoms with E-state index in [1.807, 2.05) is 4.90 Å². The lowest BCUT2D eigenvalue weighted by molar-refractivity contribution is -0.123. The number of anilines is 1. The van der Waals surface area contributed by atoms with Gasteiger partial charge in [0.25, 0.3) is 5.91 Å². The van der Waals surface area contributed by atoms with E-state index in [1.165, 1.54) is 17.0 Å². The maximum atomic E-state index is 12.5. The van der Waals surface area contributed by atoms with Crippen molar-refractivity contribution in [2.75, 3.05) is 31.2 Å². The molecule has 20 heavy (non-hydrogen) atoms. The molecule has 1 N–H and O–H groups in total. The van der Waals surface area contributed by atoms with Gasteiger partial charge in [0.2, 0.25) is 5.91 Å². The number of amides is 2. The highest BCUT2D eigenvalue weighted by atomic mass is 16.5. The van der Waals surface area contributed by atoms with Crippen LogP contribution in [0.2, 0.25) is 0 Å². The van der Waals surface area contributed by atoms with E-state index in [4.69, 9.17) is 4.74 Å². The Kier molecular flexibility index (Phi) is 3.42. The first-order valence-electron chi connectivity index (χ1n) is 6.64. The first-order valence-corrected chi connectivity index (χ1v) is 6.64. The van der Waals surface area contributed by atoms with Crippen LogP contribution in [-0.4, -0.2) is 54.2 Å². The van der Waals surface area contributed by atoms with Gasteiger partial charge < -0.3 is 9.84 Å². The van der Waals surface area contributed by atoms with Crippen LogP contribution in [0.4, 0.5) is 5.69 Å². The van der Waals surface area contributed by atoms with Gasteiger partial charge in [-0.1, -0.05) is 0 Å². The van der Waals surface area contributed by atoms with E-state index >= 15 is 0 Å². The molecule has 2 aliphatic rings. The molecule has 1 aromatic carbocycles. The molecule has 2 aliphatic heterocycles. The highest BCUT2D eigenvalue weighted by molar-refractivity contribution is 6.22. The normalized spacial score (nSPS) is 24.4. The highest BCUT2D eigenvalue weighted by Crippen LogP contribution is 2.27. The van der Waals surface area contributed by atoms with Gasteiger partial charge in [0.15, 0.2) is 0 Å². The van der Waals surface area contributed by atoms with Gasteiger partial charge in [-0.15, -0.1) is 0 Å². The molecule has 0 aromatic heterocycles. The molecule has 0 saturated carbocycles. The average molecular weight is 276 g/mol. The number of carbonyl (C=O) groups is 2. The van der Waals surface area contributed by atoms with Crippen LogP contribution in [0.5, 0.6) is 5.75 Å². The summed E-state index contributed by atoms with van der Waals surface area (Å²) < 4.78 is 5.27. The summed E-state index contributed by atoms with van der Waals surface area (Å²) in [5, 5.41) is 9.28. The fourth-order valence-corrected chi connectivity index (χ4v) is 2.66. The van der Waals surface area contributed by atoms with E-state index < -0.39 is 0 Å². The predicted molar refractivity (Wildman–Crippen MR) is 71.4 cm³/mol. The van der Waals surface area contributed by atoms with Crippen molar-refractivity contribution in [3.8, 4) is 5.75 Å². The van der Waals surface area contributed by atoms with Crippen molar-refractivity contribution < 1.29 is 19.4 Å². The Bertz CT molecular complexity index is 522. The second-order valence-corrected chi connectivity index (χ2v) is 4.95. The first-order chi connectivity index (χ1) is 9.66. The lowest BCUT2D eigenvalue weighted by Gasteiger charge is -2.30.